The first-order valence-electron chi connectivity index (χ1n) is 10.5. The first kappa shape index (κ1) is 23.9. The van der Waals surface area contributed by atoms with E-state index in [4.69, 9.17) is 0 Å². The third-order valence-corrected chi connectivity index (χ3v) is 5.11. The molecule has 0 saturated heterocycles. The Labute approximate surface area is 198 Å². The lowest BCUT2D eigenvalue weighted by Crippen LogP contribution is -2.16. The van der Waals surface area contributed by atoms with E-state index in [2.05, 4.69) is 30.1 Å². The highest BCUT2D eigenvalue weighted by Gasteiger charge is 2.35. The van der Waals surface area contributed by atoms with Crippen molar-refractivity contribution in [2.75, 3.05) is 12.4 Å². The number of anilines is 1. The first-order chi connectivity index (χ1) is 16.7. The van der Waals surface area contributed by atoms with E-state index in [0.717, 1.165) is 36.1 Å². The lowest BCUT2D eigenvalue weighted by Gasteiger charge is -2.13. The number of aryl methyl sites for hydroxylation is 1. The number of benzene rings is 1. The van der Waals surface area contributed by atoms with Gasteiger partial charge in [0.1, 0.15) is 11.4 Å². The van der Waals surface area contributed by atoms with Crippen molar-refractivity contribution in [3.8, 4) is 17.0 Å². The Morgan fingerprint density at radius 3 is 2.31 bits per heavy atom. The van der Waals surface area contributed by atoms with Gasteiger partial charge in [0.05, 0.1) is 31.6 Å². The summed E-state index contributed by atoms with van der Waals surface area (Å²) in [5.41, 5.74) is 2.27. The normalized spacial score (nSPS) is 11.3. The highest BCUT2D eigenvalue weighted by molar-refractivity contribution is 5.92. The van der Waals surface area contributed by atoms with Gasteiger partial charge in [-0.05, 0) is 22.8 Å². The van der Waals surface area contributed by atoms with Gasteiger partial charge in [-0.2, -0.15) is 18.3 Å². The summed E-state index contributed by atoms with van der Waals surface area (Å²) in [6.07, 6.45) is 4.16. The third kappa shape index (κ3) is 5.99. The molecule has 11 heteroatoms. The highest BCUT2D eigenvalue weighted by Crippen LogP contribution is 2.36. The molecule has 1 amide bonds. The Kier molecular flexibility index (Phi) is 6.76. The van der Waals surface area contributed by atoms with Crippen molar-refractivity contribution in [3.63, 3.8) is 0 Å². The molecule has 0 bridgehead atoms. The third-order valence-electron chi connectivity index (χ3n) is 5.11. The number of nitrogens with one attached hydrogen (secondary N) is 1. The number of hydrogen-bond donors (Lipinski definition) is 1. The van der Waals surface area contributed by atoms with Crippen molar-refractivity contribution in [3.05, 3.63) is 83.8 Å². The maximum absolute atomic E-state index is 13.2. The summed E-state index contributed by atoms with van der Waals surface area (Å²) >= 11 is 0. The van der Waals surface area contributed by atoms with Gasteiger partial charge in [0.25, 0.3) is 0 Å². The van der Waals surface area contributed by atoms with E-state index < -0.39 is 23.5 Å². The summed E-state index contributed by atoms with van der Waals surface area (Å²) in [6, 6.07) is 8.00. The van der Waals surface area contributed by atoms with Crippen LogP contribution in [0.3, 0.4) is 0 Å². The second kappa shape index (κ2) is 9.92. The minimum absolute atomic E-state index is 0.0196. The smallest absolute Gasteiger partial charge is 0.421 e. The molecule has 180 valence electrons. The van der Waals surface area contributed by atoms with Crippen LogP contribution in [0.2, 0.25) is 0 Å². The number of methoxy groups -OCH3 is 1. The molecule has 0 unspecified atom stereocenters. The molecular formula is C24H21F3N6O2. The van der Waals surface area contributed by atoms with Crippen LogP contribution in [0.15, 0.2) is 61.3 Å². The fraction of sp³-hybridized carbons (Fsp3) is 0.208. The van der Waals surface area contributed by atoms with Crippen molar-refractivity contribution < 1.29 is 22.7 Å². The van der Waals surface area contributed by atoms with Crippen LogP contribution >= 0.6 is 0 Å². The summed E-state index contributed by atoms with van der Waals surface area (Å²) in [4.78, 5) is 24.8. The van der Waals surface area contributed by atoms with E-state index in [1.807, 2.05) is 25.4 Å². The predicted molar refractivity (Wildman–Crippen MR) is 122 cm³/mol. The monoisotopic (exact) mass is 482 g/mol. The molecule has 0 aliphatic heterocycles. The Morgan fingerprint density at radius 1 is 1.00 bits per heavy atom. The second-order valence-electron chi connectivity index (χ2n) is 7.79. The summed E-state index contributed by atoms with van der Waals surface area (Å²) in [5.74, 6) is -0.349. The van der Waals surface area contributed by atoms with Gasteiger partial charge >= 0.3 is 6.18 Å². The van der Waals surface area contributed by atoms with Crippen LogP contribution in [-0.4, -0.2) is 37.7 Å². The lowest BCUT2D eigenvalue weighted by molar-refractivity contribution is -0.139. The average molecular weight is 482 g/mol. The summed E-state index contributed by atoms with van der Waals surface area (Å²) < 4.78 is 45.8. The Hall–Kier alpha value is -4.28. The summed E-state index contributed by atoms with van der Waals surface area (Å²) in [6.45, 7) is 0. The lowest BCUT2D eigenvalue weighted by atomic mass is 10.0. The topological polar surface area (TPSA) is 94.8 Å². The van der Waals surface area contributed by atoms with E-state index in [-0.39, 0.29) is 12.1 Å². The number of hydrogen-bond acceptors (Lipinski definition) is 6. The van der Waals surface area contributed by atoms with Crippen LogP contribution < -0.4 is 10.1 Å². The molecule has 4 rings (SSSR count). The van der Waals surface area contributed by atoms with Gasteiger partial charge in [0.15, 0.2) is 0 Å². The molecule has 0 fully saturated rings. The Balaban J connectivity index is 1.38. The SMILES string of the molecule is COc1ncc(NC(=O)Cc2ccc(-c3cnc(Cc4cnn(C)c4)nc3)cc2)cc1C(F)(F)F. The minimum Gasteiger partial charge on any atom is -0.481 e. The number of aromatic nitrogens is 5. The van der Waals surface area contributed by atoms with Crippen LogP contribution in [0.5, 0.6) is 5.88 Å². The number of rotatable bonds is 7. The number of amides is 1. The molecule has 3 aromatic heterocycles. The highest BCUT2D eigenvalue weighted by atomic mass is 19.4. The van der Waals surface area contributed by atoms with Gasteiger partial charge in [-0.25, -0.2) is 15.0 Å². The fourth-order valence-corrected chi connectivity index (χ4v) is 3.43. The van der Waals surface area contributed by atoms with Crippen molar-refractivity contribution in [2.45, 2.75) is 19.0 Å². The van der Waals surface area contributed by atoms with E-state index in [9.17, 15) is 18.0 Å². The molecule has 0 spiro atoms. The van der Waals surface area contributed by atoms with Crippen LogP contribution in [0, 0.1) is 0 Å². The molecule has 1 N–H and O–H groups in total. The predicted octanol–water partition coefficient (Wildman–Crippen LogP) is 4.07. The molecule has 0 saturated carbocycles. The van der Waals surface area contributed by atoms with Crippen LogP contribution in [0.1, 0.15) is 22.5 Å². The number of ether oxygens (including phenoxy) is 1. The average Bonchev–Trinajstić information content (AvgIpc) is 3.24. The van der Waals surface area contributed by atoms with E-state index >= 15 is 0 Å². The maximum Gasteiger partial charge on any atom is 0.421 e. The number of carbonyl (C=O) groups excluding carboxylic acids is 1. The van der Waals surface area contributed by atoms with Crippen molar-refractivity contribution in [1.29, 1.82) is 0 Å². The van der Waals surface area contributed by atoms with Gasteiger partial charge in [0.2, 0.25) is 11.8 Å². The largest absolute Gasteiger partial charge is 0.481 e. The van der Waals surface area contributed by atoms with Gasteiger partial charge < -0.3 is 10.1 Å². The fourth-order valence-electron chi connectivity index (χ4n) is 3.43. The van der Waals surface area contributed by atoms with Gasteiger partial charge in [0, 0.05) is 37.6 Å². The second-order valence-corrected chi connectivity index (χ2v) is 7.79. The zero-order valence-corrected chi connectivity index (χ0v) is 18.9. The summed E-state index contributed by atoms with van der Waals surface area (Å²) in [7, 11) is 2.95. The molecule has 8 nitrogen and oxygen atoms in total. The molecule has 4 aromatic rings. The number of alkyl halides is 3. The van der Waals surface area contributed by atoms with E-state index in [0.29, 0.717) is 17.8 Å². The Bertz CT molecular complexity index is 1320. The van der Waals surface area contributed by atoms with Crippen molar-refractivity contribution in [2.24, 2.45) is 7.05 Å². The van der Waals surface area contributed by atoms with E-state index in [1.165, 1.54) is 0 Å². The molecular weight excluding hydrogens is 461 g/mol. The van der Waals surface area contributed by atoms with Gasteiger partial charge in [-0.3, -0.25) is 9.48 Å². The molecule has 0 aliphatic rings. The minimum atomic E-state index is -4.66. The first-order valence-corrected chi connectivity index (χ1v) is 10.5. The number of nitrogens with zero attached hydrogens (tertiary/aromatic N) is 5. The molecule has 3 heterocycles. The quantitative estimate of drug-likeness (QED) is 0.427. The molecule has 35 heavy (non-hydrogen) atoms. The number of carbonyl (C=O) groups is 1. The maximum atomic E-state index is 13.2. The summed E-state index contributed by atoms with van der Waals surface area (Å²) in [5, 5.41) is 6.57. The van der Waals surface area contributed by atoms with Crippen LogP contribution in [-0.2, 0) is 30.9 Å². The van der Waals surface area contributed by atoms with E-state index in [1.54, 1.807) is 35.4 Å². The zero-order valence-electron chi connectivity index (χ0n) is 18.9. The Morgan fingerprint density at radius 2 is 1.71 bits per heavy atom. The number of halogens is 3. The zero-order chi connectivity index (χ0) is 25.0. The van der Waals surface area contributed by atoms with Crippen molar-refractivity contribution >= 4 is 11.6 Å². The van der Waals surface area contributed by atoms with Crippen LogP contribution in [0.4, 0.5) is 18.9 Å². The molecule has 1 aromatic carbocycles. The molecule has 0 aliphatic carbocycles. The molecule has 0 atom stereocenters. The van der Waals surface area contributed by atoms with Crippen molar-refractivity contribution in [1.82, 2.24) is 24.7 Å². The number of pyridine rings is 1. The van der Waals surface area contributed by atoms with Crippen LogP contribution in [0.25, 0.3) is 11.1 Å². The van der Waals surface area contributed by atoms with Gasteiger partial charge in [-0.1, -0.05) is 24.3 Å². The van der Waals surface area contributed by atoms with Gasteiger partial charge in [-0.15, -0.1) is 0 Å². The molecule has 0 radical (unpaired) electrons. The standard InChI is InChI=1S/C24H21F3N6O2/c1-33-14-16(10-31-33)7-21-28-11-18(12-29-21)17-5-3-15(4-6-17)8-22(34)32-19-9-20(24(25,26)27)23(35-2)30-13-19/h3-6,9-14H,7-8H2,1-2H3,(H,32,34).